The van der Waals surface area contributed by atoms with Crippen molar-refractivity contribution in [1.82, 2.24) is 19.4 Å². The minimum atomic E-state index is -4.00. The molecule has 2 heterocycles. The summed E-state index contributed by atoms with van der Waals surface area (Å²) in [7, 11) is -4.00. The van der Waals surface area contributed by atoms with E-state index in [2.05, 4.69) is 21.2 Å². The molecule has 3 rings (SSSR count). The number of halogens is 1. The van der Waals surface area contributed by atoms with Gasteiger partial charge in [0.05, 0.1) is 18.0 Å². The molecular formula is C26H39BrN4O10S. The van der Waals surface area contributed by atoms with Gasteiger partial charge in [-0.1, -0.05) is 15.9 Å². The number of carbonyl (C=O) groups is 4. The number of hydrogen-bond donors (Lipinski definition) is 3. The molecule has 0 bridgehead atoms. The van der Waals surface area contributed by atoms with Crippen molar-refractivity contribution in [2.75, 3.05) is 39.3 Å². The highest BCUT2D eigenvalue weighted by molar-refractivity contribution is 9.10. The summed E-state index contributed by atoms with van der Waals surface area (Å²) in [6.45, 7) is 11.2. The molecule has 2 amide bonds. The number of carboxylic acids is 2. The van der Waals surface area contributed by atoms with Crippen molar-refractivity contribution < 1.29 is 47.3 Å². The van der Waals surface area contributed by atoms with Crippen LogP contribution in [0, 0.1) is 0 Å². The van der Waals surface area contributed by atoms with Crippen LogP contribution >= 0.6 is 15.9 Å². The predicted octanol–water partition coefficient (Wildman–Crippen LogP) is 2.42. The summed E-state index contributed by atoms with van der Waals surface area (Å²) >= 11 is 3.23. The zero-order valence-electron chi connectivity index (χ0n) is 24.5. The first-order chi connectivity index (χ1) is 19.2. The molecule has 14 nitrogen and oxygen atoms in total. The number of rotatable bonds is 4. The fraction of sp³-hybridized carbons (Fsp3) is 0.615. The molecule has 0 saturated carbocycles. The van der Waals surface area contributed by atoms with Crippen LogP contribution in [0.25, 0.3) is 0 Å². The molecule has 1 aromatic carbocycles. The van der Waals surface area contributed by atoms with Gasteiger partial charge in [0.15, 0.2) is 0 Å². The Balaban J connectivity index is 0.000000330. The van der Waals surface area contributed by atoms with Crippen LogP contribution in [-0.2, 0) is 29.1 Å². The van der Waals surface area contributed by atoms with E-state index in [0.29, 0.717) is 17.6 Å². The number of piperazine rings is 2. The molecule has 236 valence electrons. The van der Waals surface area contributed by atoms with Gasteiger partial charge in [-0.25, -0.2) is 18.0 Å². The number of carboxylic acid groups (broad SMARTS) is 2. The second-order valence-electron chi connectivity index (χ2n) is 11.6. The minimum Gasteiger partial charge on any atom is -0.480 e. The lowest BCUT2D eigenvalue weighted by Gasteiger charge is -2.38. The molecule has 42 heavy (non-hydrogen) atoms. The number of hydrogen-bond acceptors (Lipinski definition) is 9. The molecule has 1 aromatic rings. The maximum absolute atomic E-state index is 12.8. The summed E-state index contributed by atoms with van der Waals surface area (Å²) in [4.78, 5) is 48.9. The molecule has 2 fully saturated rings. The Kier molecular flexibility index (Phi) is 11.8. The van der Waals surface area contributed by atoms with Gasteiger partial charge >= 0.3 is 24.1 Å². The second-order valence-corrected chi connectivity index (χ2v) is 14.4. The smallest absolute Gasteiger partial charge is 0.410 e. The first kappa shape index (κ1) is 35.2. The number of carbonyl (C=O) groups excluding carboxylic acids is 2. The van der Waals surface area contributed by atoms with Gasteiger partial charge in [0.2, 0.25) is 10.0 Å². The molecule has 2 saturated heterocycles. The molecular weight excluding hydrogens is 640 g/mol. The fourth-order valence-electron chi connectivity index (χ4n) is 3.90. The fourth-order valence-corrected chi connectivity index (χ4v) is 5.73. The van der Waals surface area contributed by atoms with Crippen LogP contribution in [0.1, 0.15) is 41.5 Å². The van der Waals surface area contributed by atoms with Gasteiger partial charge in [-0.2, -0.15) is 4.31 Å². The third kappa shape index (κ3) is 10.4. The number of nitrogens with one attached hydrogen (secondary N) is 1. The van der Waals surface area contributed by atoms with E-state index in [0.717, 1.165) is 4.31 Å². The number of sulfonamides is 1. The van der Waals surface area contributed by atoms with E-state index in [-0.39, 0.29) is 31.1 Å². The normalized spacial score (nSPS) is 20.2. The Morgan fingerprint density at radius 1 is 0.833 bits per heavy atom. The van der Waals surface area contributed by atoms with Crippen LogP contribution in [-0.4, -0.2) is 119 Å². The number of benzene rings is 1. The van der Waals surface area contributed by atoms with Gasteiger partial charge in [-0.3, -0.25) is 9.59 Å². The van der Waals surface area contributed by atoms with E-state index in [1.54, 1.807) is 53.7 Å². The van der Waals surface area contributed by atoms with Crippen LogP contribution in [0.15, 0.2) is 33.6 Å². The van der Waals surface area contributed by atoms with Crippen LogP contribution in [0.5, 0.6) is 0 Å². The predicted molar refractivity (Wildman–Crippen MR) is 154 cm³/mol. The zero-order valence-corrected chi connectivity index (χ0v) is 26.9. The number of amides is 2. The van der Waals surface area contributed by atoms with E-state index < -0.39 is 57.4 Å². The third-order valence-corrected chi connectivity index (χ3v) is 8.26. The SMILES string of the molecule is CC(C)(C)OC(=O)N1CCN(S(=O)(=O)c2ccc(Br)cc2)[C@@H](C(=O)O)C1.CC(C)(C)OC(=O)N1CCN[C@@H](C(=O)O)C1. The summed E-state index contributed by atoms with van der Waals surface area (Å²) in [5.74, 6) is -2.27. The highest BCUT2D eigenvalue weighted by atomic mass is 79.9. The standard InChI is InChI=1S/C16H21BrN2O6S.C10H18N2O4/c1-16(2,3)25-15(22)18-8-9-19(13(10-18)14(20)21)26(23,24)12-6-4-11(17)5-7-12;1-10(2,3)16-9(15)12-5-4-11-7(6-12)8(13)14/h4-7,13H,8-10H2,1-3H3,(H,20,21);7,11H,4-6H2,1-3H3,(H,13,14)/t13-;7-/m11/s1. The van der Waals surface area contributed by atoms with E-state index in [4.69, 9.17) is 14.6 Å². The molecule has 0 aliphatic carbocycles. The summed E-state index contributed by atoms with van der Waals surface area (Å²) in [5.41, 5.74) is -1.28. The molecule has 2 aliphatic heterocycles. The van der Waals surface area contributed by atoms with E-state index in [1.165, 1.54) is 21.9 Å². The largest absolute Gasteiger partial charge is 0.480 e. The van der Waals surface area contributed by atoms with Crippen molar-refractivity contribution in [2.45, 2.75) is 69.7 Å². The lowest BCUT2D eigenvalue weighted by molar-refractivity contribution is -0.143. The van der Waals surface area contributed by atoms with E-state index >= 15 is 0 Å². The van der Waals surface area contributed by atoms with Crippen LogP contribution in [0.2, 0.25) is 0 Å². The minimum absolute atomic E-state index is 0.00216. The molecule has 2 atom stereocenters. The van der Waals surface area contributed by atoms with Crippen LogP contribution in [0.4, 0.5) is 9.59 Å². The highest BCUT2D eigenvalue weighted by Crippen LogP contribution is 2.24. The van der Waals surface area contributed by atoms with Gasteiger partial charge in [-0.05, 0) is 65.8 Å². The Hall–Kier alpha value is -2.95. The topological polar surface area (TPSA) is 183 Å². The van der Waals surface area contributed by atoms with E-state index in [9.17, 15) is 32.7 Å². The van der Waals surface area contributed by atoms with Crippen molar-refractivity contribution in [2.24, 2.45) is 0 Å². The summed E-state index contributed by atoms with van der Waals surface area (Å²) < 4.78 is 37.7. The van der Waals surface area contributed by atoms with Crippen molar-refractivity contribution in [3.63, 3.8) is 0 Å². The number of nitrogens with zero attached hydrogens (tertiary/aromatic N) is 3. The first-order valence-corrected chi connectivity index (χ1v) is 15.4. The van der Waals surface area contributed by atoms with Gasteiger partial charge in [0.25, 0.3) is 0 Å². The second kappa shape index (κ2) is 14.0. The van der Waals surface area contributed by atoms with Gasteiger partial charge in [-0.15, -0.1) is 0 Å². The Morgan fingerprint density at radius 3 is 1.79 bits per heavy atom. The quantitative estimate of drug-likeness (QED) is 0.425. The Morgan fingerprint density at radius 2 is 1.33 bits per heavy atom. The summed E-state index contributed by atoms with van der Waals surface area (Å²) in [6.07, 6.45) is -1.12. The molecule has 0 aromatic heterocycles. The van der Waals surface area contributed by atoms with Crippen molar-refractivity contribution in [3.05, 3.63) is 28.7 Å². The van der Waals surface area contributed by atoms with Crippen LogP contribution < -0.4 is 5.32 Å². The Labute approximate surface area is 254 Å². The maximum Gasteiger partial charge on any atom is 0.410 e. The molecule has 2 aliphatic rings. The van der Waals surface area contributed by atoms with Crippen molar-refractivity contribution in [1.29, 1.82) is 0 Å². The summed E-state index contributed by atoms with van der Waals surface area (Å²) in [6, 6.07) is 3.85. The first-order valence-electron chi connectivity index (χ1n) is 13.1. The van der Waals surface area contributed by atoms with Crippen molar-refractivity contribution >= 4 is 50.1 Å². The number of ether oxygens (including phenoxy) is 2. The lowest BCUT2D eigenvalue weighted by atomic mass is 10.2. The van der Waals surface area contributed by atoms with Gasteiger partial charge < -0.3 is 34.8 Å². The molecule has 0 spiro atoms. The molecule has 0 radical (unpaired) electrons. The van der Waals surface area contributed by atoms with Gasteiger partial charge in [0.1, 0.15) is 23.3 Å². The third-order valence-electron chi connectivity index (χ3n) is 5.81. The zero-order chi connectivity index (χ0) is 32.0. The van der Waals surface area contributed by atoms with Crippen molar-refractivity contribution in [3.8, 4) is 0 Å². The van der Waals surface area contributed by atoms with Gasteiger partial charge in [0, 0.05) is 30.7 Å². The molecule has 3 N–H and O–H groups in total. The maximum atomic E-state index is 12.8. The van der Waals surface area contributed by atoms with Crippen LogP contribution in [0.3, 0.4) is 0 Å². The number of aliphatic carboxylic acids is 2. The van der Waals surface area contributed by atoms with E-state index in [1.807, 2.05) is 0 Å². The monoisotopic (exact) mass is 678 g/mol. The molecule has 16 heteroatoms. The average Bonchev–Trinajstić information content (AvgIpc) is 2.87. The summed E-state index contributed by atoms with van der Waals surface area (Å²) in [5, 5.41) is 21.1. The average molecular weight is 680 g/mol. The highest BCUT2D eigenvalue weighted by Gasteiger charge is 2.42. The Bertz CT molecular complexity index is 1250. The lowest BCUT2D eigenvalue weighted by Crippen LogP contribution is -2.59. The molecule has 0 unspecified atom stereocenters.